The highest BCUT2D eigenvalue weighted by atomic mass is 19.3. The molecule has 1 unspecified atom stereocenters. The molecule has 0 N–H and O–H groups in total. The van der Waals surface area contributed by atoms with Gasteiger partial charge in [-0.3, -0.25) is 4.90 Å². The number of nitrogens with zero attached hydrogens (tertiary/aromatic N) is 1. The Balaban J connectivity index is 0.000000921. The maximum absolute atomic E-state index is 12.9. The van der Waals surface area contributed by atoms with Crippen molar-refractivity contribution in [1.29, 1.82) is 0 Å². The highest BCUT2D eigenvalue weighted by Crippen LogP contribution is 2.30. The zero-order valence-corrected chi connectivity index (χ0v) is 10.2. The smallest absolute Gasteiger partial charge is 0.262 e. The first-order valence-electron chi connectivity index (χ1n) is 5.71. The molecule has 0 spiro atoms. The zero-order valence-electron chi connectivity index (χ0n) is 10.2. The topological polar surface area (TPSA) is 12.5 Å². The van der Waals surface area contributed by atoms with Gasteiger partial charge in [0.2, 0.25) is 0 Å². The molecule has 0 aromatic carbocycles. The van der Waals surface area contributed by atoms with Crippen molar-refractivity contribution in [3.63, 3.8) is 0 Å². The third-order valence-electron chi connectivity index (χ3n) is 2.30. The number of likely N-dealkylation sites (N-methyl/N-ethyl adjacent to an activating group) is 1. The minimum Gasteiger partial charge on any atom is -0.380 e. The molecular weight excluding hydrogens is 200 g/mol. The summed E-state index contributed by atoms with van der Waals surface area (Å²) in [6.07, 6.45) is 0.875. The highest BCUT2D eigenvalue weighted by Gasteiger charge is 2.42. The molecule has 0 bridgehead atoms. The van der Waals surface area contributed by atoms with Crippen LogP contribution in [0.2, 0.25) is 0 Å². The third-order valence-corrected chi connectivity index (χ3v) is 2.30. The van der Waals surface area contributed by atoms with E-state index in [9.17, 15) is 8.78 Å². The molecule has 1 rings (SSSR count). The van der Waals surface area contributed by atoms with Crippen molar-refractivity contribution >= 4 is 0 Å². The maximum atomic E-state index is 12.9. The Morgan fingerprint density at radius 3 is 2.40 bits per heavy atom. The monoisotopic (exact) mass is 223 g/mol. The lowest BCUT2D eigenvalue weighted by Gasteiger charge is -2.17. The fourth-order valence-electron chi connectivity index (χ4n) is 1.61. The molecule has 92 valence electrons. The molecular formula is C11H23F2NO. The number of likely N-dealkylation sites (tertiary alicyclic amines) is 1. The van der Waals surface area contributed by atoms with Gasteiger partial charge in [-0.05, 0) is 13.5 Å². The zero-order chi connectivity index (χ0) is 11.9. The summed E-state index contributed by atoms with van der Waals surface area (Å²) in [6.45, 7) is 6.97. The van der Waals surface area contributed by atoms with Crippen molar-refractivity contribution in [3.8, 4) is 0 Å². The van der Waals surface area contributed by atoms with Crippen molar-refractivity contribution in [2.45, 2.75) is 45.6 Å². The van der Waals surface area contributed by atoms with E-state index in [1.165, 1.54) is 0 Å². The first kappa shape index (κ1) is 14.8. The number of hydrogen-bond acceptors (Lipinski definition) is 2. The fraction of sp³-hybridized carbons (Fsp3) is 1.00. The van der Waals surface area contributed by atoms with E-state index in [1.807, 2.05) is 20.8 Å². The van der Waals surface area contributed by atoms with Crippen LogP contribution >= 0.6 is 0 Å². The van der Waals surface area contributed by atoms with E-state index in [0.29, 0.717) is 13.2 Å². The molecule has 0 aromatic rings. The fourth-order valence-corrected chi connectivity index (χ4v) is 1.61. The Morgan fingerprint density at radius 1 is 1.40 bits per heavy atom. The lowest BCUT2D eigenvalue weighted by Crippen LogP contribution is -2.29. The molecule has 0 saturated carbocycles. The van der Waals surface area contributed by atoms with Crippen LogP contribution in [-0.2, 0) is 4.74 Å². The van der Waals surface area contributed by atoms with E-state index in [1.54, 1.807) is 11.9 Å². The summed E-state index contributed by atoms with van der Waals surface area (Å²) < 4.78 is 31.0. The first-order chi connectivity index (χ1) is 7.05. The summed E-state index contributed by atoms with van der Waals surface area (Å²) in [5.74, 6) is -2.52. The number of alkyl halides is 2. The van der Waals surface area contributed by atoms with Crippen LogP contribution in [0.25, 0.3) is 0 Å². The van der Waals surface area contributed by atoms with E-state index in [2.05, 4.69) is 0 Å². The van der Waals surface area contributed by atoms with Gasteiger partial charge in [0.25, 0.3) is 5.92 Å². The molecule has 2 nitrogen and oxygen atoms in total. The largest absolute Gasteiger partial charge is 0.380 e. The Hall–Kier alpha value is -0.220. The molecule has 1 fully saturated rings. The summed E-state index contributed by atoms with van der Waals surface area (Å²) in [6, 6.07) is -0.110. The van der Waals surface area contributed by atoms with Crippen LogP contribution in [0.5, 0.6) is 0 Å². The molecule has 1 aliphatic rings. The van der Waals surface area contributed by atoms with Gasteiger partial charge in [0, 0.05) is 19.1 Å². The molecule has 0 aliphatic carbocycles. The molecule has 1 heterocycles. The maximum Gasteiger partial charge on any atom is 0.262 e. The van der Waals surface area contributed by atoms with Crippen LogP contribution in [0.1, 0.15) is 33.6 Å². The van der Waals surface area contributed by atoms with Gasteiger partial charge in [-0.2, -0.15) is 0 Å². The number of hydrogen-bond donors (Lipinski definition) is 0. The predicted octanol–water partition coefficient (Wildman–Crippen LogP) is 2.78. The second kappa shape index (κ2) is 7.12. The number of ether oxygens (including phenoxy) is 1. The van der Waals surface area contributed by atoms with Crippen molar-refractivity contribution in [1.82, 2.24) is 4.90 Å². The van der Waals surface area contributed by atoms with Crippen LogP contribution < -0.4 is 0 Å². The van der Waals surface area contributed by atoms with Crippen LogP contribution in [0.3, 0.4) is 0 Å². The highest BCUT2D eigenvalue weighted by molar-refractivity contribution is 4.88. The lowest BCUT2D eigenvalue weighted by molar-refractivity contribution is 0.0128. The van der Waals surface area contributed by atoms with Crippen molar-refractivity contribution in [2.24, 2.45) is 0 Å². The summed E-state index contributed by atoms with van der Waals surface area (Å²) in [5.41, 5.74) is 0. The quantitative estimate of drug-likeness (QED) is 0.679. The molecule has 1 atom stereocenters. The Labute approximate surface area is 91.6 Å². The van der Waals surface area contributed by atoms with E-state index in [0.717, 1.165) is 6.42 Å². The molecule has 0 aromatic heterocycles. The normalized spacial score (nSPS) is 24.8. The second-order valence-electron chi connectivity index (χ2n) is 3.70. The van der Waals surface area contributed by atoms with Crippen molar-refractivity contribution < 1.29 is 13.5 Å². The molecule has 4 heteroatoms. The molecule has 0 amide bonds. The Bertz CT molecular complexity index is 165. The van der Waals surface area contributed by atoms with Gasteiger partial charge in [0.1, 0.15) is 0 Å². The van der Waals surface area contributed by atoms with E-state index < -0.39 is 5.92 Å². The van der Waals surface area contributed by atoms with Crippen molar-refractivity contribution in [3.05, 3.63) is 0 Å². The van der Waals surface area contributed by atoms with Crippen LogP contribution in [0, 0.1) is 0 Å². The number of halogens is 2. The summed E-state index contributed by atoms with van der Waals surface area (Å²) in [4.78, 5) is 1.68. The first-order valence-corrected chi connectivity index (χ1v) is 5.71. The van der Waals surface area contributed by atoms with Gasteiger partial charge in [0.15, 0.2) is 0 Å². The molecule has 0 radical (unpaired) electrons. The second-order valence-corrected chi connectivity index (χ2v) is 3.70. The van der Waals surface area contributed by atoms with Crippen molar-refractivity contribution in [2.75, 3.05) is 26.8 Å². The van der Waals surface area contributed by atoms with Gasteiger partial charge in [0.05, 0.1) is 13.2 Å². The number of rotatable bonds is 4. The molecule has 15 heavy (non-hydrogen) atoms. The van der Waals surface area contributed by atoms with Crippen LogP contribution in [0.15, 0.2) is 0 Å². The lowest BCUT2D eigenvalue weighted by atomic mass is 10.2. The van der Waals surface area contributed by atoms with Crippen LogP contribution in [-0.4, -0.2) is 43.7 Å². The van der Waals surface area contributed by atoms with Crippen LogP contribution in [0.4, 0.5) is 8.78 Å². The average Bonchev–Trinajstić information content (AvgIpc) is 2.44. The molecule has 1 aliphatic heterocycles. The van der Waals surface area contributed by atoms with E-state index >= 15 is 0 Å². The van der Waals surface area contributed by atoms with E-state index in [-0.39, 0.29) is 19.0 Å². The predicted molar refractivity (Wildman–Crippen MR) is 58.4 cm³/mol. The Kier molecular flexibility index (Phi) is 7.02. The van der Waals surface area contributed by atoms with Gasteiger partial charge >= 0.3 is 0 Å². The summed E-state index contributed by atoms with van der Waals surface area (Å²) >= 11 is 0. The minimum atomic E-state index is -2.52. The standard InChI is InChI=1S/C9H17F2NO.C2H6/c1-3-4-13-6-8-5-9(10,11)7-12(8)2;1-2/h8H,3-7H2,1-2H3;1-2H3. The van der Waals surface area contributed by atoms with Gasteiger partial charge in [-0.1, -0.05) is 20.8 Å². The SMILES string of the molecule is CC.CCCOCC1CC(F)(F)CN1C. The summed E-state index contributed by atoms with van der Waals surface area (Å²) in [7, 11) is 1.72. The van der Waals surface area contributed by atoms with Gasteiger partial charge in [-0.15, -0.1) is 0 Å². The minimum absolute atomic E-state index is 0.0623. The van der Waals surface area contributed by atoms with Gasteiger partial charge < -0.3 is 4.74 Å². The molecule has 1 saturated heterocycles. The van der Waals surface area contributed by atoms with E-state index in [4.69, 9.17) is 4.74 Å². The van der Waals surface area contributed by atoms with Gasteiger partial charge in [-0.25, -0.2) is 8.78 Å². The summed E-state index contributed by atoms with van der Waals surface area (Å²) in [5, 5.41) is 0. The third kappa shape index (κ3) is 5.42. The average molecular weight is 223 g/mol. The Morgan fingerprint density at radius 2 is 2.00 bits per heavy atom.